The maximum absolute atomic E-state index is 14.3. The van der Waals surface area contributed by atoms with Crippen molar-refractivity contribution >= 4 is 27.0 Å². The third kappa shape index (κ3) is 5.37. The zero-order chi connectivity index (χ0) is 28.8. The van der Waals surface area contributed by atoms with Gasteiger partial charge in [-0.1, -0.05) is 18.2 Å². The van der Waals surface area contributed by atoms with Gasteiger partial charge < -0.3 is 9.64 Å². The third-order valence-electron chi connectivity index (χ3n) is 7.38. The lowest BCUT2D eigenvalue weighted by molar-refractivity contribution is 0.0177. The predicted octanol–water partition coefficient (Wildman–Crippen LogP) is 6.14. The van der Waals surface area contributed by atoms with Crippen molar-refractivity contribution in [3.05, 3.63) is 71.9 Å². The highest BCUT2D eigenvalue weighted by molar-refractivity contribution is 7.90. The normalized spacial score (nSPS) is 15.1. The fraction of sp³-hybridized carbons (Fsp3) is 0.400. The molecule has 5 rings (SSSR count). The molecule has 1 fully saturated rings. The smallest absolute Gasteiger partial charge is 0.410 e. The fourth-order valence-corrected chi connectivity index (χ4v) is 6.79. The van der Waals surface area contributed by atoms with Crippen molar-refractivity contribution in [1.29, 1.82) is 0 Å². The van der Waals surface area contributed by atoms with Crippen LogP contribution < -0.4 is 0 Å². The summed E-state index contributed by atoms with van der Waals surface area (Å²) in [5, 5.41) is 5.45. The van der Waals surface area contributed by atoms with E-state index in [-0.39, 0.29) is 16.5 Å². The van der Waals surface area contributed by atoms with Gasteiger partial charge in [0.25, 0.3) is 10.0 Å². The highest BCUT2D eigenvalue weighted by Gasteiger charge is 2.29. The molecule has 212 valence electrons. The minimum atomic E-state index is -3.95. The van der Waals surface area contributed by atoms with Gasteiger partial charge in [0.15, 0.2) is 0 Å². The number of hydrogen-bond acceptors (Lipinski definition) is 5. The van der Waals surface area contributed by atoms with Gasteiger partial charge >= 0.3 is 6.09 Å². The number of carbonyl (C=O) groups excluding carboxylic acids is 1. The summed E-state index contributed by atoms with van der Waals surface area (Å²) in [5.74, 6) is -0.179. The second kappa shape index (κ2) is 10.4. The van der Waals surface area contributed by atoms with Crippen LogP contribution in [0.5, 0.6) is 0 Å². The topological polar surface area (TPSA) is 86.4 Å². The third-order valence-corrected chi connectivity index (χ3v) is 9.07. The summed E-state index contributed by atoms with van der Waals surface area (Å²) >= 11 is 0. The lowest BCUT2D eigenvalue weighted by Crippen LogP contribution is -2.42. The number of aromatic nitrogens is 3. The molecule has 1 aliphatic heterocycles. The van der Waals surface area contributed by atoms with E-state index in [1.807, 2.05) is 39.3 Å². The summed E-state index contributed by atoms with van der Waals surface area (Å²) in [6, 6.07) is 12.4. The molecule has 0 saturated carbocycles. The van der Waals surface area contributed by atoms with Gasteiger partial charge in [-0.25, -0.2) is 21.6 Å². The first kappa shape index (κ1) is 27.9. The summed E-state index contributed by atoms with van der Waals surface area (Å²) in [6.45, 7) is 11.4. The van der Waals surface area contributed by atoms with Crippen LogP contribution in [0.15, 0.2) is 59.6 Å². The fourth-order valence-electron chi connectivity index (χ4n) is 5.41. The van der Waals surface area contributed by atoms with E-state index in [0.717, 1.165) is 29.8 Å². The number of hydrogen-bond donors (Lipinski definition) is 0. The van der Waals surface area contributed by atoms with Gasteiger partial charge in [-0.05, 0) is 83.7 Å². The van der Waals surface area contributed by atoms with Crippen molar-refractivity contribution in [2.24, 2.45) is 5.92 Å². The molecule has 8 nitrogen and oxygen atoms in total. The van der Waals surface area contributed by atoms with Crippen molar-refractivity contribution < 1.29 is 22.3 Å². The van der Waals surface area contributed by atoms with E-state index in [1.165, 1.54) is 28.2 Å². The van der Waals surface area contributed by atoms with Crippen molar-refractivity contribution in [2.75, 3.05) is 13.1 Å². The van der Waals surface area contributed by atoms with Gasteiger partial charge in [-0.15, -0.1) is 0 Å². The largest absolute Gasteiger partial charge is 0.444 e. The predicted molar refractivity (Wildman–Crippen MR) is 152 cm³/mol. The van der Waals surface area contributed by atoms with E-state index < -0.39 is 21.4 Å². The zero-order valence-electron chi connectivity index (χ0n) is 23.5. The Hall–Kier alpha value is -3.66. The van der Waals surface area contributed by atoms with Crippen LogP contribution in [0.2, 0.25) is 0 Å². The van der Waals surface area contributed by atoms with Crippen molar-refractivity contribution in [2.45, 2.75) is 64.5 Å². The molecule has 0 radical (unpaired) electrons. The van der Waals surface area contributed by atoms with E-state index in [4.69, 9.17) is 9.84 Å². The highest BCUT2D eigenvalue weighted by atomic mass is 32.2. The van der Waals surface area contributed by atoms with Gasteiger partial charge in [-0.3, -0.25) is 4.68 Å². The zero-order valence-corrected chi connectivity index (χ0v) is 24.3. The molecule has 0 bridgehead atoms. The summed E-state index contributed by atoms with van der Waals surface area (Å²) in [5.41, 5.74) is 2.96. The molecule has 1 aliphatic rings. The highest BCUT2D eigenvalue weighted by Crippen LogP contribution is 2.37. The van der Waals surface area contributed by atoms with Gasteiger partial charge in [0.1, 0.15) is 11.4 Å². The number of amides is 1. The Bertz CT molecular complexity index is 1660. The Morgan fingerprint density at radius 2 is 1.75 bits per heavy atom. The molecule has 0 unspecified atom stereocenters. The number of nitrogens with zero attached hydrogens (tertiary/aromatic N) is 4. The summed E-state index contributed by atoms with van der Waals surface area (Å²) < 4.78 is 50.1. The number of fused-ring (bicyclic) bond motifs is 1. The van der Waals surface area contributed by atoms with Crippen LogP contribution in [-0.4, -0.2) is 51.9 Å². The Morgan fingerprint density at radius 3 is 2.40 bits per heavy atom. The SMILES string of the molecule is Cc1nn(CC2CCN(C(=O)OC(C)(C)C)CC2)c(C)c1-c1cn(S(=O)(=O)c2ccccc2)c2cc(F)ccc12. The van der Waals surface area contributed by atoms with Crippen molar-refractivity contribution in [3.8, 4) is 11.1 Å². The molecule has 2 aromatic carbocycles. The van der Waals surface area contributed by atoms with Crippen molar-refractivity contribution in [1.82, 2.24) is 18.7 Å². The first-order valence-corrected chi connectivity index (χ1v) is 14.9. The molecule has 0 N–H and O–H groups in total. The number of rotatable bonds is 5. The molecule has 4 aromatic rings. The molecule has 40 heavy (non-hydrogen) atoms. The molecule has 1 amide bonds. The standard InChI is InChI=1S/C30H35FN4O4S/c1-20-28(21(2)34(32-20)18-22-13-15-33(16-14-22)29(36)39-30(3,4)5)26-19-35(27-17-23(31)11-12-25(26)27)40(37,38)24-9-7-6-8-10-24/h6-12,17,19,22H,13-16,18H2,1-5H3. The van der Waals surface area contributed by atoms with E-state index in [2.05, 4.69) is 0 Å². The van der Waals surface area contributed by atoms with Gasteiger partial charge in [0.2, 0.25) is 0 Å². The maximum Gasteiger partial charge on any atom is 0.410 e. The van der Waals surface area contributed by atoms with Crippen LogP contribution in [0.3, 0.4) is 0 Å². The Balaban J connectivity index is 1.44. The lowest BCUT2D eigenvalue weighted by Gasteiger charge is -2.33. The van der Waals surface area contributed by atoms with Crippen LogP contribution in [-0.2, 0) is 21.3 Å². The molecule has 1 saturated heterocycles. The average Bonchev–Trinajstić information content (AvgIpc) is 3.40. The minimum absolute atomic E-state index is 0.129. The molecular formula is C30H35FN4O4S. The molecule has 2 aromatic heterocycles. The van der Waals surface area contributed by atoms with Gasteiger partial charge in [0.05, 0.1) is 16.1 Å². The van der Waals surface area contributed by atoms with Gasteiger partial charge in [0, 0.05) is 48.0 Å². The second-order valence-electron chi connectivity index (χ2n) is 11.5. The summed E-state index contributed by atoms with van der Waals surface area (Å²) in [4.78, 5) is 14.3. The van der Waals surface area contributed by atoms with Crippen molar-refractivity contribution in [3.63, 3.8) is 0 Å². The van der Waals surface area contributed by atoms with Crippen LogP contribution in [0.4, 0.5) is 9.18 Å². The Labute approximate surface area is 234 Å². The number of likely N-dealkylation sites (tertiary alicyclic amines) is 1. The van der Waals surface area contributed by atoms with Gasteiger partial charge in [-0.2, -0.15) is 5.10 Å². The summed E-state index contributed by atoms with van der Waals surface area (Å²) in [7, 11) is -3.95. The summed E-state index contributed by atoms with van der Waals surface area (Å²) in [6.07, 6.45) is 2.96. The number of aryl methyl sites for hydroxylation is 1. The second-order valence-corrected chi connectivity index (χ2v) is 13.3. The maximum atomic E-state index is 14.3. The molecule has 0 aliphatic carbocycles. The molecule has 0 atom stereocenters. The lowest BCUT2D eigenvalue weighted by atomic mass is 9.97. The Kier molecular flexibility index (Phi) is 7.24. The minimum Gasteiger partial charge on any atom is -0.444 e. The molecule has 0 spiro atoms. The Morgan fingerprint density at radius 1 is 1.07 bits per heavy atom. The molecule has 3 heterocycles. The van der Waals surface area contributed by atoms with Crippen LogP contribution in [0.25, 0.3) is 22.0 Å². The first-order chi connectivity index (χ1) is 18.8. The average molecular weight is 567 g/mol. The first-order valence-electron chi connectivity index (χ1n) is 13.5. The van der Waals surface area contributed by atoms with Crippen LogP contribution in [0.1, 0.15) is 45.0 Å². The number of benzene rings is 2. The number of carbonyl (C=O) groups is 1. The number of ether oxygens (including phenoxy) is 1. The molecule has 10 heteroatoms. The van der Waals surface area contributed by atoms with Crippen LogP contribution >= 0.6 is 0 Å². The van der Waals surface area contributed by atoms with E-state index in [9.17, 15) is 17.6 Å². The quantitative estimate of drug-likeness (QED) is 0.289. The van der Waals surface area contributed by atoms with E-state index in [0.29, 0.717) is 36.5 Å². The van der Waals surface area contributed by atoms with Crippen LogP contribution in [0, 0.1) is 25.6 Å². The van der Waals surface area contributed by atoms with E-state index in [1.54, 1.807) is 35.4 Å². The van der Waals surface area contributed by atoms with E-state index >= 15 is 0 Å². The monoisotopic (exact) mass is 566 g/mol. The number of piperidine rings is 1. The molecular weight excluding hydrogens is 531 g/mol. The number of halogens is 1.